The molecule has 0 aromatic carbocycles. The van der Waals surface area contributed by atoms with Crippen molar-refractivity contribution < 1.29 is 9.84 Å². The van der Waals surface area contributed by atoms with Gasteiger partial charge in [0.05, 0.1) is 13.2 Å². The lowest BCUT2D eigenvalue weighted by atomic mass is 9.65. The monoisotopic (exact) mass is 253 g/mol. The second-order valence-corrected chi connectivity index (χ2v) is 4.99. The first-order valence-electron chi connectivity index (χ1n) is 5.89. The van der Waals surface area contributed by atoms with Crippen LogP contribution in [0.4, 0.5) is 11.9 Å². The van der Waals surface area contributed by atoms with Gasteiger partial charge in [-0.1, -0.05) is 13.8 Å². The lowest BCUT2D eigenvalue weighted by Gasteiger charge is -2.49. The summed E-state index contributed by atoms with van der Waals surface area (Å²) in [6.07, 6.45) is 0.401. The van der Waals surface area contributed by atoms with E-state index in [9.17, 15) is 5.11 Å². The number of hydrogen-bond acceptors (Lipinski definition) is 7. The van der Waals surface area contributed by atoms with Gasteiger partial charge in [-0.25, -0.2) is 0 Å². The number of aliphatic hydroxyl groups is 1. The van der Waals surface area contributed by atoms with Gasteiger partial charge >= 0.3 is 6.01 Å². The van der Waals surface area contributed by atoms with Crippen LogP contribution in [0.25, 0.3) is 0 Å². The van der Waals surface area contributed by atoms with Crippen molar-refractivity contribution in [1.29, 1.82) is 0 Å². The Morgan fingerprint density at radius 2 is 1.94 bits per heavy atom. The highest BCUT2D eigenvalue weighted by molar-refractivity contribution is 5.37. The minimum Gasteiger partial charge on any atom is -0.467 e. The van der Waals surface area contributed by atoms with Crippen LogP contribution in [0, 0.1) is 5.41 Å². The first-order chi connectivity index (χ1) is 8.47. The Labute approximate surface area is 106 Å². The minimum atomic E-state index is -0.289. The number of ether oxygens (including phenoxy) is 1. The molecule has 0 spiro atoms. The maximum Gasteiger partial charge on any atom is 0.322 e. The smallest absolute Gasteiger partial charge is 0.322 e. The Kier molecular flexibility index (Phi) is 3.25. The van der Waals surface area contributed by atoms with Gasteiger partial charge in [-0.3, -0.25) is 0 Å². The standard InChI is InChI=1S/C11H19N5O2/c1-11(2)6(5-7(11)17)13-9-14-8(12-3)15-10(16-9)18-4/h6-7,17H,5H2,1-4H3,(H2,12,13,14,15,16). The van der Waals surface area contributed by atoms with Crippen LogP contribution in [0.3, 0.4) is 0 Å². The van der Waals surface area contributed by atoms with Crippen LogP contribution in [0.1, 0.15) is 20.3 Å². The summed E-state index contributed by atoms with van der Waals surface area (Å²) in [7, 11) is 3.24. The molecule has 100 valence electrons. The van der Waals surface area contributed by atoms with Crippen molar-refractivity contribution in [3.8, 4) is 6.01 Å². The molecule has 7 nitrogen and oxygen atoms in total. The van der Waals surface area contributed by atoms with Gasteiger partial charge in [0.1, 0.15) is 0 Å². The van der Waals surface area contributed by atoms with E-state index >= 15 is 0 Å². The summed E-state index contributed by atoms with van der Waals surface area (Å²) in [4.78, 5) is 12.4. The Morgan fingerprint density at radius 1 is 1.28 bits per heavy atom. The molecule has 0 radical (unpaired) electrons. The van der Waals surface area contributed by atoms with E-state index in [1.54, 1.807) is 7.05 Å². The predicted molar refractivity (Wildman–Crippen MR) is 67.7 cm³/mol. The molecular formula is C11H19N5O2. The average Bonchev–Trinajstić information content (AvgIpc) is 2.38. The molecule has 18 heavy (non-hydrogen) atoms. The van der Waals surface area contributed by atoms with Crippen molar-refractivity contribution in [3.05, 3.63) is 0 Å². The molecule has 1 aromatic rings. The van der Waals surface area contributed by atoms with Crippen molar-refractivity contribution in [3.63, 3.8) is 0 Å². The maximum atomic E-state index is 9.70. The number of aliphatic hydroxyl groups excluding tert-OH is 1. The summed E-state index contributed by atoms with van der Waals surface area (Å²) in [5.74, 6) is 0.901. The van der Waals surface area contributed by atoms with E-state index in [0.717, 1.165) is 0 Å². The zero-order valence-corrected chi connectivity index (χ0v) is 11.1. The first kappa shape index (κ1) is 12.8. The molecule has 1 fully saturated rings. The molecule has 1 aliphatic rings. The number of aromatic nitrogens is 3. The summed E-state index contributed by atoms with van der Waals surface area (Å²) in [5.41, 5.74) is -0.181. The summed E-state index contributed by atoms with van der Waals surface area (Å²) in [6, 6.07) is 0.402. The minimum absolute atomic E-state index is 0.143. The van der Waals surface area contributed by atoms with Crippen molar-refractivity contribution in [2.45, 2.75) is 32.4 Å². The van der Waals surface area contributed by atoms with Gasteiger partial charge in [-0.2, -0.15) is 15.0 Å². The number of nitrogens with zero attached hydrogens (tertiary/aromatic N) is 3. The molecule has 7 heteroatoms. The van der Waals surface area contributed by atoms with E-state index in [4.69, 9.17) is 4.74 Å². The first-order valence-corrected chi connectivity index (χ1v) is 5.89. The van der Waals surface area contributed by atoms with Gasteiger partial charge in [0.25, 0.3) is 0 Å². The fourth-order valence-corrected chi connectivity index (χ4v) is 1.93. The Morgan fingerprint density at radius 3 is 2.44 bits per heavy atom. The summed E-state index contributed by atoms with van der Waals surface area (Å²) in [5, 5.41) is 15.8. The molecule has 2 rings (SSSR count). The molecular weight excluding hydrogens is 234 g/mol. The van der Waals surface area contributed by atoms with E-state index in [0.29, 0.717) is 18.3 Å². The van der Waals surface area contributed by atoms with E-state index < -0.39 is 0 Å². The van der Waals surface area contributed by atoms with Crippen molar-refractivity contribution >= 4 is 11.9 Å². The van der Waals surface area contributed by atoms with Gasteiger partial charge in [-0.15, -0.1) is 0 Å². The summed E-state index contributed by atoms with van der Waals surface area (Å²) < 4.78 is 5.01. The highest BCUT2D eigenvalue weighted by Crippen LogP contribution is 2.41. The van der Waals surface area contributed by atoms with Crippen molar-refractivity contribution in [2.24, 2.45) is 5.41 Å². The van der Waals surface area contributed by atoms with Crippen molar-refractivity contribution in [2.75, 3.05) is 24.8 Å². The number of nitrogens with one attached hydrogen (secondary N) is 2. The Balaban J connectivity index is 2.14. The highest BCUT2D eigenvalue weighted by atomic mass is 16.5. The van der Waals surface area contributed by atoms with Crippen LogP contribution >= 0.6 is 0 Å². The van der Waals surface area contributed by atoms with Crippen LogP contribution in [-0.4, -0.2) is 46.4 Å². The number of anilines is 2. The molecule has 3 N–H and O–H groups in total. The van der Waals surface area contributed by atoms with Gasteiger partial charge < -0.3 is 20.5 Å². The fourth-order valence-electron chi connectivity index (χ4n) is 1.93. The molecule has 1 aromatic heterocycles. The number of hydrogen-bond donors (Lipinski definition) is 3. The normalized spacial score (nSPS) is 25.2. The van der Waals surface area contributed by atoms with Gasteiger partial charge in [0.15, 0.2) is 0 Å². The summed E-state index contributed by atoms with van der Waals surface area (Å²) >= 11 is 0. The SMILES string of the molecule is CNc1nc(NC2CC(O)C2(C)C)nc(OC)n1. The third-order valence-corrected chi connectivity index (χ3v) is 3.54. The van der Waals surface area contributed by atoms with Crippen LogP contribution in [0.5, 0.6) is 6.01 Å². The van der Waals surface area contributed by atoms with Crippen LogP contribution < -0.4 is 15.4 Å². The molecule has 0 saturated heterocycles. The van der Waals surface area contributed by atoms with Crippen LogP contribution in [-0.2, 0) is 0 Å². The van der Waals surface area contributed by atoms with Crippen LogP contribution in [0.2, 0.25) is 0 Å². The molecule has 2 unspecified atom stereocenters. The molecule has 0 amide bonds. The number of rotatable bonds is 4. The molecule has 0 bridgehead atoms. The lowest BCUT2D eigenvalue weighted by Crippen LogP contribution is -2.57. The van der Waals surface area contributed by atoms with E-state index in [1.165, 1.54) is 7.11 Å². The van der Waals surface area contributed by atoms with Crippen molar-refractivity contribution in [1.82, 2.24) is 15.0 Å². The topological polar surface area (TPSA) is 92.2 Å². The zero-order chi connectivity index (χ0) is 13.3. The quantitative estimate of drug-likeness (QED) is 0.719. The number of methoxy groups -OCH3 is 1. The molecule has 1 saturated carbocycles. The molecule has 1 aliphatic carbocycles. The molecule has 2 atom stereocenters. The largest absolute Gasteiger partial charge is 0.467 e. The fraction of sp³-hybridized carbons (Fsp3) is 0.727. The van der Waals surface area contributed by atoms with Gasteiger partial charge in [0.2, 0.25) is 11.9 Å². The maximum absolute atomic E-state index is 9.70. The second kappa shape index (κ2) is 4.56. The second-order valence-electron chi connectivity index (χ2n) is 4.99. The lowest BCUT2D eigenvalue weighted by molar-refractivity contribution is -0.0513. The van der Waals surface area contributed by atoms with Crippen LogP contribution in [0.15, 0.2) is 0 Å². The van der Waals surface area contributed by atoms with Gasteiger partial charge in [0, 0.05) is 18.5 Å². The molecule has 1 heterocycles. The third kappa shape index (κ3) is 2.17. The zero-order valence-electron chi connectivity index (χ0n) is 11.1. The average molecular weight is 253 g/mol. The van der Waals surface area contributed by atoms with E-state index in [-0.39, 0.29) is 23.6 Å². The highest BCUT2D eigenvalue weighted by Gasteiger charge is 2.47. The molecule has 0 aliphatic heterocycles. The van der Waals surface area contributed by atoms with E-state index in [2.05, 4.69) is 25.6 Å². The van der Waals surface area contributed by atoms with Gasteiger partial charge in [-0.05, 0) is 6.42 Å². The van der Waals surface area contributed by atoms with E-state index in [1.807, 2.05) is 13.8 Å². The summed E-state index contributed by atoms with van der Waals surface area (Å²) in [6.45, 7) is 4.02. The Bertz CT molecular complexity index is 415. The predicted octanol–water partition coefficient (Wildman–Crippen LogP) is 0.493. The third-order valence-electron chi connectivity index (χ3n) is 3.54. The Hall–Kier alpha value is -1.63.